The summed E-state index contributed by atoms with van der Waals surface area (Å²) >= 11 is 1.16. The highest BCUT2D eigenvalue weighted by molar-refractivity contribution is 8.00. The van der Waals surface area contributed by atoms with Gasteiger partial charge in [0, 0.05) is 6.42 Å². The maximum absolute atomic E-state index is 13.2. The van der Waals surface area contributed by atoms with Crippen LogP contribution in [-0.4, -0.2) is 41.6 Å². The SMILES string of the molecule is CCCCOC(=O)C(CCCC)SCCCCC(F)(F)C(F)(F)C(F)(F)F. The molecular weight excluding hydrogens is 401 g/mol. The zero-order valence-electron chi connectivity index (χ0n) is 15.5. The minimum absolute atomic E-state index is 0.000934. The lowest BCUT2D eigenvalue weighted by Crippen LogP contribution is -2.51. The molecule has 0 rings (SSSR count). The van der Waals surface area contributed by atoms with Crippen LogP contribution in [0.2, 0.25) is 0 Å². The summed E-state index contributed by atoms with van der Waals surface area (Å²) in [5.41, 5.74) is 0. The number of esters is 1. The minimum atomic E-state index is -6.29. The van der Waals surface area contributed by atoms with Gasteiger partial charge < -0.3 is 4.74 Å². The van der Waals surface area contributed by atoms with Crippen molar-refractivity contribution in [2.75, 3.05) is 12.4 Å². The topological polar surface area (TPSA) is 26.3 Å². The molecule has 27 heavy (non-hydrogen) atoms. The van der Waals surface area contributed by atoms with E-state index >= 15 is 0 Å². The van der Waals surface area contributed by atoms with Gasteiger partial charge in [-0.1, -0.05) is 33.1 Å². The number of carbonyl (C=O) groups is 1. The number of unbranched alkanes of at least 4 members (excludes halogenated alkanes) is 3. The van der Waals surface area contributed by atoms with Gasteiger partial charge in [-0.3, -0.25) is 4.79 Å². The van der Waals surface area contributed by atoms with Gasteiger partial charge in [-0.2, -0.15) is 30.7 Å². The first-order valence-corrected chi connectivity index (χ1v) is 10.1. The standard InChI is InChI=1S/C17H27F7O2S/c1-3-5-9-13(14(25)26-11-6-4-2)27-12-8-7-10-15(18,19)16(20,21)17(22,23)24/h13H,3-12H2,1-2H3. The smallest absolute Gasteiger partial charge is 0.459 e. The Kier molecular flexibility index (Phi) is 11.7. The summed E-state index contributed by atoms with van der Waals surface area (Å²) in [6.07, 6.45) is -4.64. The van der Waals surface area contributed by atoms with E-state index in [-0.39, 0.29) is 18.8 Å². The predicted octanol–water partition coefficient (Wildman–Crippen LogP) is 6.62. The molecular formula is C17H27F7O2S. The third-order valence-electron chi connectivity index (χ3n) is 3.84. The van der Waals surface area contributed by atoms with E-state index in [9.17, 15) is 35.5 Å². The zero-order chi connectivity index (χ0) is 21.1. The maximum Gasteiger partial charge on any atom is 0.459 e. The summed E-state index contributed by atoms with van der Waals surface area (Å²) in [4.78, 5) is 12.0. The van der Waals surface area contributed by atoms with E-state index in [0.29, 0.717) is 6.42 Å². The lowest BCUT2D eigenvalue weighted by Gasteiger charge is -2.28. The highest BCUT2D eigenvalue weighted by Crippen LogP contribution is 2.48. The van der Waals surface area contributed by atoms with Crippen LogP contribution in [0.5, 0.6) is 0 Å². The second-order valence-electron chi connectivity index (χ2n) is 6.26. The number of alkyl halides is 7. The van der Waals surface area contributed by atoms with E-state index in [0.717, 1.165) is 37.4 Å². The van der Waals surface area contributed by atoms with Crippen LogP contribution in [0, 0.1) is 0 Å². The van der Waals surface area contributed by atoms with Gasteiger partial charge in [0.05, 0.1) is 6.61 Å². The van der Waals surface area contributed by atoms with Crippen molar-refractivity contribution in [3.63, 3.8) is 0 Å². The van der Waals surface area contributed by atoms with E-state index in [2.05, 4.69) is 0 Å². The van der Waals surface area contributed by atoms with E-state index in [1.807, 2.05) is 13.8 Å². The molecule has 0 aromatic carbocycles. The van der Waals surface area contributed by atoms with Crippen molar-refractivity contribution in [1.29, 1.82) is 0 Å². The fourth-order valence-electron chi connectivity index (χ4n) is 2.11. The van der Waals surface area contributed by atoms with Gasteiger partial charge in [0.2, 0.25) is 0 Å². The fraction of sp³-hybridized carbons (Fsp3) is 0.941. The molecule has 0 aliphatic heterocycles. The first kappa shape index (κ1) is 26.3. The van der Waals surface area contributed by atoms with E-state index in [1.165, 1.54) is 0 Å². The third-order valence-corrected chi connectivity index (χ3v) is 5.20. The van der Waals surface area contributed by atoms with Crippen LogP contribution in [0.1, 0.15) is 65.2 Å². The molecule has 10 heteroatoms. The van der Waals surface area contributed by atoms with Crippen molar-refractivity contribution in [3.8, 4) is 0 Å². The summed E-state index contributed by atoms with van der Waals surface area (Å²) < 4.78 is 93.3. The van der Waals surface area contributed by atoms with E-state index < -0.39 is 42.1 Å². The molecule has 0 heterocycles. The van der Waals surface area contributed by atoms with Gasteiger partial charge in [-0.05, 0) is 31.4 Å². The Hall–Kier alpha value is -0.670. The quantitative estimate of drug-likeness (QED) is 0.177. The van der Waals surface area contributed by atoms with Crippen molar-refractivity contribution in [2.24, 2.45) is 0 Å². The summed E-state index contributed by atoms with van der Waals surface area (Å²) in [6, 6.07) is 0. The number of ether oxygens (including phenoxy) is 1. The molecule has 0 aliphatic carbocycles. The van der Waals surface area contributed by atoms with Crippen LogP contribution in [0.3, 0.4) is 0 Å². The van der Waals surface area contributed by atoms with Crippen LogP contribution in [0.25, 0.3) is 0 Å². The van der Waals surface area contributed by atoms with Crippen molar-refractivity contribution in [1.82, 2.24) is 0 Å². The molecule has 0 aliphatic rings. The predicted molar refractivity (Wildman–Crippen MR) is 91.4 cm³/mol. The molecule has 0 saturated heterocycles. The van der Waals surface area contributed by atoms with Crippen LogP contribution in [0.15, 0.2) is 0 Å². The first-order valence-electron chi connectivity index (χ1n) is 9.01. The molecule has 0 bridgehead atoms. The van der Waals surface area contributed by atoms with Crippen molar-refractivity contribution in [3.05, 3.63) is 0 Å². The molecule has 0 amide bonds. The van der Waals surface area contributed by atoms with Gasteiger partial charge in [-0.15, -0.1) is 11.8 Å². The molecule has 1 atom stereocenters. The fourth-order valence-corrected chi connectivity index (χ4v) is 3.30. The number of carbonyl (C=O) groups excluding carboxylic acids is 1. The first-order chi connectivity index (χ1) is 12.4. The number of rotatable bonds is 14. The number of halogens is 7. The number of hydrogen-bond donors (Lipinski definition) is 0. The van der Waals surface area contributed by atoms with Crippen LogP contribution in [-0.2, 0) is 9.53 Å². The Labute approximate surface area is 159 Å². The van der Waals surface area contributed by atoms with Crippen LogP contribution < -0.4 is 0 Å². The van der Waals surface area contributed by atoms with Gasteiger partial charge in [-0.25, -0.2) is 0 Å². The normalized spacial score (nSPS) is 14.3. The van der Waals surface area contributed by atoms with Crippen molar-refractivity contribution >= 4 is 17.7 Å². The molecule has 162 valence electrons. The Bertz CT molecular complexity index is 428. The van der Waals surface area contributed by atoms with Gasteiger partial charge in [0.1, 0.15) is 5.25 Å². The number of thioether (sulfide) groups is 1. The van der Waals surface area contributed by atoms with Crippen molar-refractivity contribution < 1.29 is 40.3 Å². The van der Waals surface area contributed by atoms with Crippen molar-refractivity contribution in [2.45, 2.75) is 88.5 Å². The molecule has 0 aromatic rings. The molecule has 0 radical (unpaired) electrons. The van der Waals surface area contributed by atoms with E-state index in [1.54, 1.807) is 0 Å². The lowest BCUT2D eigenvalue weighted by molar-refractivity contribution is -0.355. The van der Waals surface area contributed by atoms with Gasteiger partial charge >= 0.3 is 24.0 Å². The molecule has 0 fully saturated rings. The Morgan fingerprint density at radius 3 is 2.04 bits per heavy atom. The van der Waals surface area contributed by atoms with Gasteiger partial charge in [0.15, 0.2) is 0 Å². The molecule has 0 N–H and O–H groups in total. The van der Waals surface area contributed by atoms with E-state index in [4.69, 9.17) is 4.74 Å². The second kappa shape index (κ2) is 12.0. The third kappa shape index (κ3) is 8.91. The summed E-state index contributed by atoms with van der Waals surface area (Å²) in [5.74, 6) is -11.4. The summed E-state index contributed by atoms with van der Waals surface area (Å²) in [6.45, 7) is 4.17. The Morgan fingerprint density at radius 1 is 0.926 bits per heavy atom. The molecule has 0 aromatic heterocycles. The molecule has 2 nitrogen and oxygen atoms in total. The average Bonchev–Trinajstić information content (AvgIpc) is 2.56. The lowest BCUT2D eigenvalue weighted by atomic mass is 10.0. The summed E-state index contributed by atoms with van der Waals surface area (Å²) in [7, 11) is 0. The largest absolute Gasteiger partial charge is 0.465 e. The Balaban J connectivity index is 4.41. The molecule has 0 saturated carbocycles. The highest BCUT2D eigenvalue weighted by Gasteiger charge is 2.72. The molecule has 1 unspecified atom stereocenters. The number of hydrogen-bond acceptors (Lipinski definition) is 3. The summed E-state index contributed by atoms with van der Waals surface area (Å²) in [5, 5.41) is -0.487. The minimum Gasteiger partial charge on any atom is -0.465 e. The maximum atomic E-state index is 13.2. The monoisotopic (exact) mass is 428 g/mol. The highest BCUT2D eigenvalue weighted by atomic mass is 32.2. The molecule has 0 spiro atoms. The second-order valence-corrected chi connectivity index (χ2v) is 7.57. The van der Waals surface area contributed by atoms with Crippen LogP contribution >= 0.6 is 11.8 Å². The van der Waals surface area contributed by atoms with Crippen LogP contribution in [0.4, 0.5) is 30.7 Å². The zero-order valence-corrected chi connectivity index (χ0v) is 16.3. The van der Waals surface area contributed by atoms with Gasteiger partial charge in [0.25, 0.3) is 0 Å². The average molecular weight is 428 g/mol. The Morgan fingerprint density at radius 2 is 1.52 bits per heavy atom.